The number of hydrogen-bond acceptors (Lipinski definition) is 4. The minimum absolute atomic E-state index is 0.150. The Morgan fingerprint density at radius 2 is 1.95 bits per heavy atom. The molecule has 1 N–H and O–H groups in total. The van der Waals surface area contributed by atoms with Gasteiger partial charge < -0.3 is 5.32 Å². The Morgan fingerprint density at radius 3 is 2.62 bits per heavy atom. The highest BCUT2D eigenvalue weighted by Crippen LogP contribution is 2.20. The van der Waals surface area contributed by atoms with E-state index in [9.17, 15) is 13.2 Å². The lowest BCUT2D eigenvalue weighted by molar-refractivity contribution is -0.124. The van der Waals surface area contributed by atoms with Gasteiger partial charge in [-0.3, -0.25) is 9.69 Å². The van der Waals surface area contributed by atoms with Gasteiger partial charge >= 0.3 is 0 Å². The molecule has 7 heteroatoms. The Morgan fingerprint density at radius 1 is 1.19 bits per heavy atom. The van der Waals surface area contributed by atoms with E-state index in [-0.39, 0.29) is 5.91 Å². The zero-order valence-corrected chi connectivity index (χ0v) is 13.9. The molecule has 0 aromatic heterocycles. The fourth-order valence-electron chi connectivity index (χ4n) is 3.33. The molecule has 2 heterocycles. The minimum Gasteiger partial charge on any atom is -0.353 e. The Balaban J connectivity index is 1.79. The van der Waals surface area contributed by atoms with E-state index in [2.05, 4.69) is 17.1 Å². The molecule has 2 saturated heterocycles. The van der Waals surface area contributed by atoms with Gasteiger partial charge in [-0.1, -0.05) is 6.42 Å². The molecule has 2 unspecified atom stereocenters. The van der Waals surface area contributed by atoms with Gasteiger partial charge in [0.15, 0.2) is 0 Å². The summed E-state index contributed by atoms with van der Waals surface area (Å²) in [6.45, 7) is 5.22. The summed E-state index contributed by atoms with van der Waals surface area (Å²) in [5.41, 5.74) is 0. The summed E-state index contributed by atoms with van der Waals surface area (Å²) in [5.74, 6) is -0.150. The first-order chi connectivity index (χ1) is 9.89. The van der Waals surface area contributed by atoms with Crippen molar-refractivity contribution in [3.8, 4) is 0 Å². The molecule has 2 aliphatic heterocycles. The van der Waals surface area contributed by atoms with E-state index >= 15 is 0 Å². The van der Waals surface area contributed by atoms with Crippen LogP contribution in [-0.2, 0) is 14.8 Å². The van der Waals surface area contributed by atoms with E-state index in [0.717, 1.165) is 19.5 Å². The monoisotopic (exact) mass is 317 g/mol. The number of sulfonamides is 1. The lowest BCUT2D eigenvalue weighted by atomic mass is 10.0. The zero-order chi connectivity index (χ0) is 15.5. The summed E-state index contributed by atoms with van der Waals surface area (Å²) < 4.78 is 24.6. The maximum absolute atomic E-state index is 12.2. The smallest absolute Gasteiger partial charge is 0.238 e. The highest BCUT2D eigenvalue weighted by Gasteiger charge is 2.36. The van der Waals surface area contributed by atoms with E-state index < -0.39 is 16.1 Å². The molecule has 0 spiro atoms. The van der Waals surface area contributed by atoms with Gasteiger partial charge in [-0.2, -0.15) is 4.31 Å². The molecule has 2 aliphatic rings. The van der Waals surface area contributed by atoms with Gasteiger partial charge in [-0.25, -0.2) is 8.42 Å². The number of nitrogens with one attached hydrogen (secondary N) is 1. The summed E-state index contributed by atoms with van der Waals surface area (Å²) in [7, 11) is -3.29. The van der Waals surface area contributed by atoms with Crippen molar-refractivity contribution in [2.45, 2.75) is 51.1 Å². The average molecular weight is 317 g/mol. The van der Waals surface area contributed by atoms with Crippen molar-refractivity contribution in [1.29, 1.82) is 0 Å². The van der Waals surface area contributed by atoms with E-state index in [1.807, 2.05) is 0 Å². The lowest BCUT2D eigenvalue weighted by Crippen LogP contribution is -2.48. The van der Waals surface area contributed by atoms with Crippen LogP contribution >= 0.6 is 0 Å². The van der Waals surface area contributed by atoms with Gasteiger partial charge in [0.2, 0.25) is 15.9 Å². The van der Waals surface area contributed by atoms with Gasteiger partial charge in [0.05, 0.1) is 6.26 Å². The van der Waals surface area contributed by atoms with Crippen LogP contribution in [0.1, 0.15) is 39.0 Å². The third-order valence-corrected chi connectivity index (χ3v) is 5.86. The summed E-state index contributed by atoms with van der Waals surface area (Å²) >= 11 is 0. The van der Waals surface area contributed by atoms with E-state index in [1.165, 1.54) is 29.8 Å². The maximum atomic E-state index is 12.2. The molecule has 1 amide bonds. The number of hydrogen-bond donors (Lipinski definition) is 1. The Hall–Kier alpha value is -0.660. The number of carbonyl (C=O) groups is 1. The fourth-order valence-corrected chi connectivity index (χ4v) is 4.45. The molecule has 0 aromatic rings. The van der Waals surface area contributed by atoms with Gasteiger partial charge in [0, 0.05) is 25.7 Å². The first-order valence-electron chi connectivity index (χ1n) is 7.88. The average Bonchev–Trinajstić information content (AvgIpc) is 2.90. The molecular formula is C14H27N3O3S. The van der Waals surface area contributed by atoms with Crippen LogP contribution in [0.25, 0.3) is 0 Å². The van der Waals surface area contributed by atoms with Crippen molar-refractivity contribution in [2.24, 2.45) is 0 Å². The quantitative estimate of drug-likeness (QED) is 0.797. The molecule has 0 aromatic carbocycles. The topological polar surface area (TPSA) is 69.7 Å². The van der Waals surface area contributed by atoms with Crippen molar-refractivity contribution in [1.82, 2.24) is 14.5 Å². The van der Waals surface area contributed by atoms with Gasteiger partial charge in [0.25, 0.3) is 0 Å². The molecule has 2 atom stereocenters. The van der Waals surface area contributed by atoms with Crippen LogP contribution in [0.2, 0.25) is 0 Å². The largest absolute Gasteiger partial charge is 0.353 e. The van der Waals surface area contributed by atoms with Crippen LogP contribution in [0, 0.1) is 0 Å². The molecule has 2 rings (SSSR count). The first kappa shape index (κ1) is 16.7. The molecule has 0 saturated carbocycles. The Labute approximate surface area is 127 Å². The molecule has 21 heavy (non-hydrogen) atoms. The second-order valence-corrected chi connectivity index (χ2v) is 8.14. The van der Waals surface area contributed by atoms with Gasteiger partial charge in [0.1, 0.15) is 6.04 Å². The summed E-state index contributed by atoms with van der Waals surface area (Å²) in [5, 5.41) is 2.91. The number of likely N-dealkylation sites (tertiary alicyclic amines) is 1. The number of carbonyl (C=O) groups excluding carboxylic acids is 1. The van der Waals surface area contributed by atoms with E-state index in [1.54, 1.807) is 0 Å². The number of amides is 1. The molecule has 6 nitrogen and oxygen atoms in total. The standard InChI is InChI=1S/C14H27N3O3S/c1-12-6-3-4-9-16(12)11-8-15-14(18)13-7-5-10-17(13)21(2,19)20/h12-13H,3-11H2,1-2H3,(H,15,18). The molecule has 0 bridgehead atoms. The van der Waals surface area contributed by atoms with Crippen LogP contribution < -0.4 is 5.32 Å². The van der Waals surface area contributed by atoms with Crippen LogP contribution in [0.15, 0.2) is 0 Å². The van der Waals surface area contributed by atoms with Crippen molar-refractivity contribution in [2.75, 3.05) is 32.4 Å². The third-order valence-electron chi connectivity index (χ3n) is 4.57. The summed E-state index contributed by atoms with van der Waals surface area (Å²) in [6.07, 6.45) is 6.29. The van der Waals surface area contributed by atoms with Crippen molar-refractivity contribution in [3.05, 3.63) is 0 Å². The normalized spacial score (nSPS) is 28.7. The highest BCUT2D eigenvalue weighted by molar-refractivity contribution is 7.88. The maximum Gasteiger partial charge on any atom is 0.238 e. The lowest BCUT2D eigenvalue weighted by Gasteiger charge is -2.33. The summed E-state index contributed by atoms with van der Waals surface area (Å²) in [4.78, 5) is 14.6. The third kappa shape index (κ3) is 4.40. The Bertz CT molecular complexity index is 466. The zero-order valence-electron chi connectivity index (χ0n) is 13.0. The van der Waals surface area contributed by atoms with E-state index in [0.29, 0.717) is 25.6 Å². The number of nitrogens with zero attached hydrogens (tertiary/aromatic N) is 2. The predicted molar refractivity (Wildman–Crippen MR) is 82.5 cm³/mol. The van der Waals surface area contributed by atoms with Crippen LogP contribution in [0.4, 0.5) is 0 Å². The fraction of sp³-hybridized carbons (Fsp3) is 0.929. The Kier molecular flexibility index (Phi) is 5.62. The number of rotatable bonds is 5. The predicted octanol–water partition coefficient (Wildman–Crippen LogP) is 0.401. The molecule has 2 fully saturated rings. The van der Waals surface area contributed by atoms with Crippen LogP contribution in [-0.4, -0.2) is 68.0 Å². The number of piperidine rings is 1. The second-order valence-electron chi connectivity index (χ2n) is 6.20. The molecule has 0 aliphatic carbocycles. The molecule has 122 valence electrons. The second kappa shape index (κ2) is 7.07. The van der Waals surface area contributed by atoms with Crippen LogP contribution in [0.5, 0.6) is 0 Å². The summed E-state index contributed by atoms with van der Waals surface area (Å²) in [6, 6.07) is 0.0634. The highest BCUT2D eigenvalue weighted by atomic mass is 32.2. The first-order valence-corrected chi connectivity index (χ1v) is 9.73. The van der Waals surface area contributed by atoms with Crippen molar-refractivity contribution >= 4 is 15.9 Å². The molecular weight excluding hydrogens is 290 g/mol. The minimum atomic E-state index is -3.29. The van der Waals surface area contributed by atoms with Gasteiger partial charge in [-0.15, -0.1) is 0 Å². The van der Waals surface area contributed by atoms with Crippen LogP contribution in [0.3, 0.4) is 0 Å². The van der Waals surface area contributed by atoms with Crippen molar-refractivity contribution < 1.29 is 13.2 Å². The SMILES string of the molecule is CC1CCCCN1CCNC(=O)C1CCCN1S(C)(=O)=O. The van der Waals surface area contributed by atoms with Gasteiger partial charge in [-0.05, 0) is 39.2 Å². The molecule has 0 radical (unpaired) electrons. The van der Waals surface area contributed by atoms with E-state index in [4.69, 9.17) is 0 Å². The van der Waals surface area contributed by atoms with Crippen molar-refractivity contribution in [3.63, 3.8) is 0 Å².